The lowest BCUT2D eigenvalue weighted by Gasteiger charge is -2.43. The minimum atomic E-state index is -2.58. The fourth-order valence-electron chi connectivity index (χ4n) is 11.5. The Morgan fingerprint density at radius 1 is 0.481 bits per heavy atom. The van der Waals surface area contributed by atoms with Gasteiger partial charge < -0.3 is 23.7 Å². The van der Waals surface area contributed by atoms with E-state index in [1.54, 1.807) is 11.9 Å². The Morgan fingerprint density at radius 3 is 1.36 bits per heavy atom. The van der Waals surface area contributed by atoms with E-state index in [4.69, 9.17) is 13.9 Å². The summed E-state index contributed by atoms with van der Waals surface area (Å²) in [5, 5.41) is 2.60. The number of rotatable bonds is 50. The zero-order valence-corrected chi connectivity index (χ0v) is 52.6. The molecule has 442 valence electrons. The molecule has 0 bridgehead atoms. The van der Waals surface area contributed by atoms with Crippen LogP contribution in [0.15, 0.2) is 60.7 Å². The Kier molecular flexibility index (Phi) is 40.7. The van der Waals surface area contributed by atoms with Gasteiger partial charge in [0.25, 0.3) is 8.32 Å². The molecule has 77 heavy (non-hydrogen) atoms. The second-order valence-corrected chi connectivity index (χ2v) is 28.6. The highest BCUT2D eigenvalue weighted by Crippen LogP contribution is 2.37. The molecule has 1 amide bonds. The van der Waals surface area contributed by atoms with E-state index in [0.717, 1.165) is 116 Å². The maximum Gasteiger partial charge on any atom is 0.325 e. The van der Waals surface area contributed by atoms with Crippen LogP contribution in [0, 0.1) is 11.8 Å². The second kappa shape index (κ2) is 44.7. The van der Waals surface area contributed by atoms with Crippen LogP contribution < -0.4 is 10.4 Å². The van der Waals surface area contributed by atoms with Crippen LogP contribution in [0.3, 0.4) is 0 Å². The number of unbranched alkanes of at least 4 members (excludes halogenated alkanes) is 21. The van der Waals surface area contributed by atoms with Crippen LogP contribution in [0.5, 0.6) is 0 Å². The topological polar surface area (TPSA) is 85.4 Å². The molecule has 0 saturated heterocycles. The normalized spacial score (nSPS) is 12.8. The molecule has 2 unspecified atom stereocenters. The van der Waals surface area contributed by atoms with E-state index in [-0.39, 0.29) is 35.3 Å². The number of esters is 2. The minimum absolute atomic E-state index is 0.0202. The van der Waals surface area contributed by atoms with Gasteiger partial charge in [-0.25, -0.2) is 0 Å². The van der Waals surface area contributed by atoms with Crippen molar-refractivity contribution >= 4 is 36.5 Å². The molecule has 0 aliphatic carbocycles. The van der Waals surface area contributed by atoms with Gasteiger partial charge in [-0.2, -0.15) is 0 Å². The third kappa shape index (κ3) is 31.0. The maximum absolute atomic E-state index is 13.4. The fourth-order valence-corrected chi connectivity index (χ4v) is 16.1. The van der Waals surface area contributed by atoms with Gasteiger partial charge in [-0.15, -0.1) is 0 Å². The van der Waals surface area contributed by atoms with Crippen molar-refractivity contribution in [1.29, 1.82) is 0 Å². The van der Waals surface area contributed by atoms with Gasteiger partial charge in [0.05, 0.1) is 19.1 Å². The number of benzene rings is 2. The van der Waals surface area contributed by atoms with Gasteiger partial charge in [-0.05, 0) is 99.1 Å². The number of ether oxygens (including phenoxy) is 2. The van der Waals surface area contributed by atoms with E-state index < -0.39 is 8.32 Å². The zero-order valence-electron chi connectivity index (χ0n) is 51.6. The van der Waals surface area contributed by atoms with Gasteiger partial charge in [0.15, 0.2) is 0 Å². The lowest BCUT2D eigenvalue weighted by Crippen LogP contribution is -2.66. The average molecular weight is 1090 g/mol. The first-order valence-electron chi connectivity index (χ1n) is 32.4. The summed E-state index contributed by atoms with van der Waals surface area (Å²) in [5.74, 6) is 0.241. The van der Waals surface area contributed by atoms with Crippen molar-refractivity contribution in [2.45, 2.75) is 284 Å². The van der Waals surface area contributed by atoms with E-state index >= 15 is 0 Å². The molecule has 2 aromatic carbocycles. The van der Waals surface area contributed by atoms with Gasteiger partial charge in [-0.1, -0.05) is 263 Å². The van der Waals surface area contributed by atoms with Crippen LogP contribution in [0.4, 0.5) is 0 Å². The highest BCUT2D eigenvalue weighted by atomic mass is 28.4. The number of nitrogens with zero attached hydrogens (tertiary/aromatic N) is 2. The Balaban J connectivity index is 1.97. The first-order valence-corrected chi connectivity index (χ1v) is 34.3. The molecule has 0 aliphatic heterocycles. The lowest BCUT2D eigenvalue weighted by atomic mass is 9.91. The third-order valence-corrected chi connectivity index (χ3v) is 21.5. The highest BCUT2D eigenvalue weighted by Gasteiger charge is 2.50. The Labute approximate surface area is 476 Å². The molecule has 0 N–H and O–H groups in total. The molecule has 0 aliphatic rings. The van der Waals surface area contributed by atoms with Gasteiger partial charge in [0.2, 0.25) is 5.91 Å². The summed E-state index contributed by atoms with van der Waals surface area (Å²) in [6.45, 7) is 18.7. The van der Waals surface area contributed by atoms with Crippen LogP contribution in [-0.4, -0.2) is 89.0 Å². The minimum Gasteiger partial charge on any atom is -0.465 e. The van der Waals surface area contributed by atoms with Crippen molar-refractivity contribution in [2.24, 2.45) is 11.8 Å². The molecular weight excluding hydrogens is 969 g/mol. The Bertz CT molecular complexity index is 1670. The van der Waals surface area contributed by atoms with Crippen LogP contribution in [-0.2, 0) is 28.3 Å². The molecule has 2 rings (SSSR count). The first kappa shape index (κ1) is 70.1. The standard InChI is InChI=1S/C68H120N2O6Si/c1-10-14-18-22-25-33-47-61(46-32-21-17-13-4)67(73)75-56-42-29-35-49-62(69(8)54-40-43-57-76-77(68(5,6)7,63-50-36-26-37-51-63)64-52-38-27-39-53-64)48-34-28-41-55-74-66(72)59-70(9)65(71)58-60(44-30-23-19-15-11-2)45-31-24-20-16-12-3/h26-27,36-39,50-53,60-62H,10-25,28-35,40-49,54-59H2,1-9H3. The van der Waals surface area contributed by atoms with Crippen LogP contribution in [0.2, 0.25) is 5.04 Å². The Hall–Kier alpha value is -3.01. The number of hydrogen-bond donors (Lipinski definition) is 0. The van der Waals surface area contributed by atoms with Crippen LogP contribution in [0.25, 0.3) is 0 Å². The first-order chi connectivity index (χ1) is 37.3. The predicted octanol–water partition coefficient (Wildman–Crippen LogP) is 17.4. The third-order valence-electron chi connectivity index (χ3n) is 16.5. The fraction of sp³-hybridized carbons (Fsp3) is 0.779. The predicted molar refractivity (Wildman–Crippen MR) is 331 cm³/mol. The Morgan fingerprint density at radius 2 is 0.883 bits per heavy atom. The maximum atomic E-state index is 13.4. The molecule has 0 saturated carbocycles. The number of amides is 1. The summed E-state index contributed by atoms with van der Waals surface area (Å²) in [7, 11) is 1.48. The highest BCUT2D eigenvalue weighted by molar-refractivity contribution is 6.99. The number of carbonyl (C=O) groups is 3. The summed E-state index contributed by atoms with van der Waals surface area (Å²) in [4.78, 5) is 43.9. The lowest BCUT2D eigenvalue weighted by molar-refractivity contribution is -0.149. The summed E-state index contributed by atoms with van der Waals surface area (Å²) in [6.07, 6.45) is 39.6. The number of likely N-dealkylation sites (N-methyl/N-ethyl adjacent to an activating group) is 1. The molecule has 2 aromatic rings. The van der Waals surface area contributed by atoms with Crippen molar-refractivity contribution in [3.63, 3.8) is 0 Å². The molecule has 9 heteroatoms. The number of hydrogen-bond acceptors (Lipinski definition) is 7. The average Bonchev–Trinajstić information content (AvgIpc) is 3.42. The summed E-state index contributed by atoms with van der Waals surface area (Å²) in [6, 6.07) is 22.3. The van der Waals surface area contributed by atoms with E-state index in [2.05, 4.69) is 121 Å². The van der Waals surface area contributed by atoms with Crippen molar-refractivity contribution in [3.05, 3.63) is 60.7 Å². The van der Waals surface area contributed by atoms with Crippen molar-refractivity contribution in [2.75, 3.05) is 47.0 Å². The molecular formula is C68H120N2O6Si. The molecule has 0 radical (unpaired) electrons. The molecule has 8 nitrogen and oxygen atoms in total. The van der Waals surface area contributed by atoms with E-state index in [1.807, 2.05) is 0 Å². The van der Waals surface area contributed by atoms with Crippen LogP contribution in [0.1, 0.15) is 273 Å². The van der Waals surface area contributed by atoms with Gasteiger partial charge >= 0.3 is 11.9 Å². The quantitative estimate of drug-likeness (QED) is 0.0371. The monoisotopic (exact) mass is 1090 g/mol. The van der Waals surface area contributed by atoms with Crippen molar-refractivity contribution < 1.29 is 28.3 Å². The zero-order chi connectivity index (χ0) is 56.3. The van der Waals surface area contributed by atoms with Crippen molar-refractivity contribution in [1.82, 2.24) is 9.80 Å². The summed E-state index contributed by atoms with van der Waals surface area (Å²) in [5.41, 5.74) is 0. The smallest absolute Gasteiger partial charge is 0.325 e. The SMILES string of the molecule is CCCCCCCCC(CCCCCC)C(=O)OCCCCCC(CCCCCOC(=O)CN(C)C(=O)CC(CCCCCCC)CCCCCCC)N(C)CCCCO[Si](c1ccccc1)(c1ccccc1)C(C)(C)C. The largest absolute Gasteiger partial charge is 0.465 e. The van der Waals surface area contributed by atoms with E-state index in [9.17, 15) is 14.4 Å². The van der Waals surface area contributed by atoms with Crippen LogP contribution >= 0.6 is 0 Å². The summed E-state index contributed by atoms with van der Waals surface area (Å²) < 4.78 is 19.0. The van der Waals surface area contributed by atoms with Gasteiger partial charge in [0, 0.05) is 26.1 Å². The van der Waals surface area contributed by atoms with Crippen molar-refractivity contribution in [3.8, 4) is 0 Å². The molecule has 0 heterocycles. The van der Waals surface area contributed by atoms with Gasteiger partial charge in [0.1, 0.15) is 6.54 Å². The molecule has 0 spiro atoms. The molecule has 0 fully saturated rings. The second-order valence-electron chi connectivity index (χ2n) is 24.3. The summed E-state index contributed by atoms with van der Waals surface area (Å²) >= 11 is 0. The number of carbonyl (C=O) groups excluding carboxylic acids is 3. The van der Waals surface area contributed by atoms with Gasteiger partial charge in [-0.3, -0.25) is 14.4 Å². The molecule has 2 atom stereocenters. The van der Waals surface area contributed by atoms with E-state index in [0.29, 0.717) is 31.6 Å². The molecule has 0 aromatic heterocycles. The van der Waals surface area contributed by atoms with E-state index in [1.165, 1.54) is 126 Å².